The van der Waals surface area contributed by atoms with Gasteiger partial charge in [-0.25, -0.2) is 4.79 Å². The van der Waals surface area contributed by atoms with Gasteiger partial charge in [0.05, 0.1) is 19.3 Å². The van der Waals surface area contributed by atoms with Crippen molar-refractivity contribution in [3.05, 3.63) is 64.7 Å². The fourth-order valence-electron chi connectivity index (χ4n) is 3.46. The molecule has 29 heavy (non-hydrogen) atoms. The lowest BCUT2D eigenvalue weighted by molar-refractivity contribution is -0.137. The lowest BCUT2D eigenvalue weighted by atomic mass is 9.97. The summed E-state index contributed by atoms with van der Waals surface area (Å²) in [5, 5.41) is 1.15. The maximum atomic E-state index is 11.6. The van der Waals surface area contributed by atoms with Crippen molar-refractivity contribution in [3.63, 3.8) is 0 Å². The van der Waals surface area contributed by atoms with Gasteiger partial charge in [0.15, 0.2) is 12.0 Å². The average Bonchev–Trinajstić information content (AvgIpc) is 3.17. The Hall–Kier alpha value is -2.57. The van der Waals surface area contributed by atoms with Crippen molar-refractivity contribution in [2.45, 2.75) is 52.4 Å². The second-order valence-electron chi connectivity index (χ2n) is 7.48. The quantitative estimate of drug-likeness (QED) is 0.522. The highest BCUT2D eigenvalue weighted by Gasteiger charge is 2.27. The van der Waals surface area contributed by atoms with Crippen molar-refractivity contribution in [2.75, 3.05) is 13.2 Å². The van der Waals surface area contributed by atoms with Gasteiger partial charge < -0.3 is 20.0 Å². The highest BCUT2D eigenvalue weighted by Crippen LogP contribution is 2.34. The summed E-state index contributed by atoms with van der Waals surface area (Å²) in [5.74, 6) is 0.567. The molecule has 1 aliphatic heterocycles. The first-order chi connectivity index (χ1) is 13.9. The first kappa shape index (κ1) is 21.1. The third-order valence-electron chi connectivity index (χ3n) is 5.32. The summed E-state index contributed by atoms with van der Waals surface area (Å²) >= 11 is 0. The van der Waals surface area contributed by atoms with Gasteiger partial charge in [0, 0.05) is 6.42 Å². The molecule has 0 saturated carbocycles. The Morgan fingerprint density at radius 2 is 1.83 bits per heavy atom. The molecular weight excluding hydrogens is 368 g/mol. The molecule has 0 aliphatic carbocycles. The molecule has 1 fully saturated rings. The minimum absolute atomic E-state index is 0.0709. The zero-order valence-electron chi connectivity index (χ0n) is 17.4. The molecule has 6 nitrogen and oxygen atoms in total. The number of benzene rings is 2. The van der Waals surface area contributed by atoms with Gasteiger partial charge in [-0.2, -0.15) is 5.06 Å². The molecule has 0 bridgehead atoms. The number of hydroxylamine groups is 2. The number of carbonyl (C=O) groups excluding carboxylic acids is 1. The number of hydrogen-bond donors (Lipinski definition) is 1. The second kappa shape index (κ2) is 9.76. The number of amides is 2. The van der Waals surface area contributed by atoms with E-state index in [0.29, 0.717) is 25.3 Å². The molecule has 1 saturated heterocycles. The molecular formula is C23H30N2O4. The molecule has 2 amide bonds. The number of nitrogens with zero attached hydrogens (tertiary/aromatic N) is 1. The van der Waals surface area contributed by atoms with Crippen molar-refractivity contribution in [1.29, 1.82) is 0 Å². The Morgan fingerprint density at radius 1 is 1.14 bits per heavy atom. The number of rotatable bonds is 8. The number of ether oxygens (including phenoxy) is 2. The summed E-state index contributed by atoms with van der Waals surface area (Å²) < 4.78 is 12.0. The molecule has 0 radical (unpaired) electrons. The van der Waals surface area contributed by atoms with Crippen molar-refractivity contribution in [2.24, 2.45) is 5.73 Å². The van der Waals surface area contributed by atoms with Gasteiger partial charge in [-0.15, -0.1) is 0 Å². The van der Waals surface area contributed by atoms with Crippen LogP contribution in [0.25, 0.3) is 0 Å². The van der Waals surface area contributed by atoms with E-state index in [2.05, 4.69) is 32.9 Å². The van der Waals surface area contributed by atoms with Crippen LogP contribution in [-0.2, 0) is 9.47 Å². The van der Waals surface area contributed by atoms with Gasteiger partial charge in [-0.3, -0.25) is 0 Å². The molecule has 2 N–H and O–H groups in total. The SMILES string of the molecule is Cc1cc(C2CCC(OCCCN(Oc3ccccc3)C(N)=O)O2)cc(C)c1C. The van der Waals surface area contributed by atoms with Crippen molar-refractivity contribution < 1.29 is 19.1 Å². The molecule has 6 heteroatoms. The maximum absolute atomic E-state index is 11.6. The summed E-state index contributed by atoms with van der Waals surface area (Å²) in [6.45, 7) is 7.22. The van der Waals surface area contributed by atoms with Gasteiger partial charge in [-0.1, -0.05) is 30.3 Å². The van der Waals surface area contributed by atoms with Gasteiger partial charge in [0.1, 0.15) is 0 Å². The summed E-state index contributed by atoms with van der Waals surface area (Å²) in [7, 11) is 0. The Morgan fingerprint density at radius 3 is 2.48 bits per heavy atom. The molecule has 2 aromatic rings. The summed E-state index contributed by atoms with van der Waals surface area (Å²) in [6, 6.07) is 12.9. The van der Waals surface area contributed by atoms with Crippen LogP contribution in [0.3, 0.4) is 0 Å². The molecule has 3 rings (SSSR count). The van der Waals surface area contributed by atoms with Crippen LogP contribution in [0, 0.1) is 20.8 Å². The Bertz CT molecular complexity index is 802. The molecule has 2 unspecified atom stereocenters. The molecule has 0 spiro atoms. The highest BCUT2D eigenvalue weighted by molar-refractivity contribution is 5.71. The zero-order valence-corrected chi connectivity index (χ0v) is 17.4. The van der Waals surface area contributed by atoms with E-state index in [1.165, 1.54) is 22.3 Å². The molecule has 2 atom stereocenters. The predicted molar refractivity (Wildman–Crippen MR) is 111 cm³/mol. The topological polar surface area (TPSA) is 74.0 Å². The van der Waals surface area contributed by atoms with Crippen LogP contribution in [0.4, 0.5) is 4.79 Å². The smallest absolute Gasteiger partial charge is 0.347 e. The predicted octanol–water partition coefficient (Wildman–Crippen LogP) is 4.57. The number of aryl methyl sites for hydroxylation is 2. The van der Waals surface area contributed by atoms with E-state index in [0.717, 1.165) is 17.9 Å². The number of nitrogens with two attached hydrogens (primary N) is 1. The van der Waals surface area contributed by atoms with E-state index >= 15 is 0 Å². The van der Waals surface area contributed by atoms with Crippen molar-refractivity contribution in [3.8, 4) is 5.75 Å². The van der Waals surface area contributed by atoms with Crippen LogP contribution >= 0.6 is 0 Å². The lowest BCUT2D eigenvalue weighted by Crippen LogP contribution is -2.39. The van der Waals surface area contributed by atoms with Crippen molar-refractivity contribution in [1.82, 2.24) is 5.06 Å². The van der Waals surface area contributed by atoms with E-state index in [4.69, 9.17) is 20.0 Å². The number of para-hydroxylation sites is 1. The molecule has 1 aliphatic rings. The molecule has 1 heterocycles. The number of urea groups is 1. The van der Waals surface area contributed by atoms with E-state index in [9.17, 15) is 4.79 Å². The number of primary amides is 1. The average molecular weight is 399 g/mol. The maximum Gasteiger partial charge on any atom is 0.347 e. The summed E-state index contributed by atoms with van der Waals surface area (Å²) in [5.41, 5.74) is 10.5. The Labute approximate surface area is 172 Å². The first-order valence-corrected chi connectivity index (χ1v) is 10.1. The van der Waals surface area contributed by atoms with Gasteiger partial charge in [-0.05, 0) is 68.0 Å². The van der Waals surface area contributed by atoms with Gasteiger partial charge in [0.2, 0.25) is 0 Å². The molecule has 0 aromatic heterocycles. The number of carbonyl (C=O) groups is 1. The van der Waals surface area contributed by atoms with Crippen LogP contribution in [0.2, 0.25) is 0 Å². The van der Waals surface area contributed by atoms with Crippen LogP contribution in [0.5, 0.6) is 5.75 Å². The normalized spacial score (nSPS) is 18.6. The fourth-order valence-corrected chi connectivity index (χ4v) is 3.46. The monoisotopic (exact) mass is 398 g/mol. The van der Waals surface area contributed by atoms with Crippen molar-refractivity contribution >= 4 is 6.03 Å². The minimum atomic E-state index is -0.629. The molecule has 2 aromatic carbocycles. The van der Waals surface area contributed by atoms with E-state index < -0.39 is 6.03 Å². The largest absolute Gasteiger partial charge is 0.375 e. The van der Waals surface area contributed by atoms with Gasteiger partial charge in [0.25, 0.3) is 0 Å². The van der Waals surface area contributed by atoms with Crippen LogP contribution in [0.1, 0.15) is 47.6 Å². The van der Waals surface area contributed by atoms with Crippen LogP contribution in [-0.4, -0.2) is 30.5 Å². The fraction of sp³-hybridized carbons (Fsp3) is 0.435. The summed E-state index contributed by atoms with van der Waals surface area (Å²) in [4.78, 5) is 17.1. The zero-order chi connectivity index (χ0) is 20.8. The van der Waals surface area contributed by atoms with E-state index in [1.807, 2.05) is 18.2 Å². The lowest BCUT2D eigenvalue weighted by Gasteiger charge is -2.21. The Balaban J connectivity index is 1.43. The second-order valence-corrected chi connectivity index (χ2v) is 7.48. The van der Waals surface area contributed by atoms with Gasteiger partial charge >= 0.3 is 6.03 Å². The minimum Gasteiger partial charge on any atom is -0.375 e. The Kier molecular flexibility index (Phi) is 7.12. The standard InChI is InChI=1S/C23H30N2O4/c1-16-14-19(15-17(2)18(16)3)21-10-11-22(28-21)27-13-7-12-25(23(24)26)29-20-8-5-4-6-9-20/h4-6,8-9,14-15,21-22H,7,10-13H2,1-3H3,(H2,24,26). The van der Waals surface area contributed by atoms with Crippen LogP contribution in [0.15, 0.2) is 42.5 Å². The number of hydrogen-bond acceptors (Lipinski definition) is 4. The highest BCUT2D eigenvalue weighted by atomic mass is 16.7. The van der Waals surface area contributed by atoms with Crippen LogP contribution < -0.4 is 10.6 Å². The summed E-state index contributed by atoms with van der Waals surface area (Å²) in [6.07, 6.45) is 2.25. The third-order valence-corrected chi connectivity index (χ3v) is 5.32. The third kappa shape index (κ3) is 5.71. The first-order valence-electron chi connectivity index (χ1n) is 10.1. The van der Waals surface area contributed by atoms with E-state index in [-0.39, 0.29) is 12.4 Å². The molecule has 156 valence electrons. The van der Waals surface area contributed by atoms with E-state index in [1.54, 1.807) is 12.1 Å².